The van der Waals surface area contributed by atoms with Gasteiger partial charge in [0.2, 0.25) is 5.91 Å². The quantitative estimate of drug-likeness (QED) is 0.795. The minimum Gasteiger partial charge on any atom is -0.352 e. The Morgan fingerprint density at radius 3 is 2.68 bits per heavy atom. The minimum atomic E-state index is -2.95. The molecule has 3 N–H and O–H groups in total. The molecule has 2 rings (SSSR count). The molecule has 5 nitrogen and oxygen atoms in total. The van der Waals surface area contributed by atoms with E-state index in [9.17, 15) is 13.2 Å². The van der Waals surface area contributed by atoms with Crippen LogP contribution in [-0.2, 0) is 14.6 Å². The molecular formula is C13H24N2O3S. The largest absolute Gasteiger partial charge is 0.352 e. The second-order valence-corrected chi connectivity index (χ2v) is 8.25. The summed E-state index contributed by atoms with van der Waals surface area (Å²) >= 11 is 0. The summed E-state index contributed by atoms with van der Waals surface area (Å²) < 4.78 is 23.0. The maximum absolute atomic E-state index is 12.0. The van der Waals surface area contributed by atoms with Crippen LogP contribution in [0.1, 0.15) is 44.9 Å². The number of rotatable bonds is 3. The van der Waals surface area contributed by atoms with Crippen molar-refractivity contribution >= 4 is 15.7 Å². The Bertz CT molecular complexity index is 422. The first-order valence-corrected chi connectivity index (χ1v) is 9.02. The number of amides is 1. The van der Waals surface area contributed by atoms with Gasteiger partial charge in [-0.25, -0.2) is 8.42 Å². The number of carbonyl (C=O) groups excluding carboxylic acids is 1. The van der Waals surface area contributed by atoms with Crippen LogP contribution < -0.4 is 11.1 Å². The zero-order chi connectivity index (χ0) is 13.9. The lowest BCUT2D eigenvalue weighted by Crippen LogP contribution is -2.44. The van der Waals surface area contributed by atoms with Crippen LogP contribution in [0.2, 0.25) is 0 Å². The summed E-state index contributed by atoms with van der Waals surface area (Å²) in [5, 5.41) is 2.88. The number of nitrogens with two attached hydrogens (primary N) is 1. The first kappa shape index (κ1) is 14.8. The molecular weight excluding hydrogens is 264 g/mol. The van der Waals surface area contributed by atoms with Crippen LogP contribution in [-0.4, -0.2) is 37.9 Å². The number of carbonyl (C=O) groups is 1. The van der Waals surface area contributed by atoms with Crippen LogP contribution in [0.15, 0.2) is 0 Å². The van der Waals surface area contributed by atoms with E-state index in [-0.39, 0.29) is 29.5 Å². The molecule has 1 amide bonds. The highest BCUT2D eigenvalue weighted by molar-refractivity contribution is 7.91. The maximum Gasteiger partial charge on any atom is 0.220 e. The van der Waals surface area contributed by atoms with E-state index in [4.69, 9.17) is 5.73 Å². The van der Waals surface area contributed by atoms with Gasteiger partial charge in [-0.05, 0) is 38.0 Å². The highest BCUT2D eigenvalue weighted by atomic mass is 32.2. The molecule has 6 heteroatoms. The third kappa shape index (κ3) is 4.76. The molecule has 1 heterocycles. The Hall–Kier alpha value is -0.620. The molecule has 0 radical (unpaired) electrons. The molecule has 1 aliphatic carbocycles. The molecule has 0 aromatic heterocycles. The molecule has 0 spiro atoms. The van der Waals surface area contributed by atoms with Crippen molar-refractivity contribution in [3.05, 3.63) is 0 Å². The van der Waals surface area contributed by atoms with Gasteiger partial charge in [0.05, 0.1) is 11.5 Å². The summed E-state index contributed by atoms with van der Waals surface area (Å²) in [5.74, 6) is 0.713. The smallest absolute Gasteiger partial charge is 0.220 e. The molecule has 1 saturated carbocycles. The number of sulfone groups is 1. The molecule has 1 aliphatic heterocycles. The lowest BCUT2D eigenvalue weighted by atomic mass is 9.84. The van der Waals surface area contributed by atoms with Crippen LogP contribution in [0.5, 0.6) is 0 Å². The van der Waals surface area contributed by atoms with E-state index in [1.54, 1.807) is 0 Å². The number of hydrogen-bond donors (Lipinski definition) is 2. The summed E-state index contributed by atoms with van der Waals surface area (Å²) in [4.78, 5) is 12.0. The lowest BCUT2D eigenvalue weighted by Gasteiger charge is -2.28. The monoisotopic (exact) mass is 288 g/mol. The van der Waals surface area contributed by atoms with Crippen molar-refractivity contribution in [3.8, 4) is 0 Å². The van der Waals surface area contributed by atoms with Gasteiger partial charge < -0.3 is 11.1 Å². The fraction of sp³-hybridized carbons (Fsp3) is 0.923. The van der Waals surface area contributed by atoms with Gasteiger partial charge in [0, 0.05) is 18.5 Å². The molecule has 0 bridgehead atoms. The Labute approximate surface area is 115 Å². The average Bonchev–Trinajstić information content (AvgIpc) is 2.27. The molecule has 1 saturated heterocycles. The molecule has 0 aromatic rings. The van der Waals surface area contributed by atoms with Crippen LogP contribution in [0.4, 0.5) is 0 Å². The first-order chi connectivity index (χ1) is 8.94. The van der Waals surface area contributed by atoms with Crippen molar-refractivity contribution in [3.63, 3.8) is 0 Å². The SMILES string of the molecule is NC1CCCC(CC(=O)NC2CCCS(=O)(=O)C2)C1. The summed E-state index contributed by atoms with van der Waals surface area (Å²) in [5.41, 5.74) is 5.91. The Morgan fingerprint density at radius 2 is 2.00 bits per heavy atom. The fourth-order valence-corrected chi connectivity index (χ4v) is 4.84. The molecule has 0 aromatic carbocycles. The van der Waals surface area contributed by atoms with Crippen molar-refractivity contribution in [2.24, 2.45) is 11.7 Å². The van der Waals surface area contributed by atoms with E-state index in [0.717, 1.165) is 32.1 Å². The van der Waals surface area contributed by atoms with Crippen LogP contribution in [0.25, 0.3) is 0 Å². The van der Waals surface area contributed by atoms with E-state index in [1.165, 1.54) is 0 Å². The molecule has 3 unspecified atom stereocenters. The van der Waals surface area contributed by atoms with Crippen molar-refractivity contribution in [1.29, 1.82) is 0 Å². The van der Waals surface area contributed by atoms with E-state index in [1.807, 2.05) is 0 Å². The molecule has 2 aliphatic rings. The standard InChI is InChI=1S/C13H24N2O3S/c14-11-4-1-3-10(7-11)8-13(16)15-12-5-2-6-19(17,18)9-12/h10-12H,1-9,14H2,(H,15,16). The average molecular weight is 288 g/mol. The van der Waals surface area contributed by atoms with Crippen LogP contribution in [0, 0.1) is 5.92 Å². The topological polar surface area (TPSA) is 89.3 Å². The Kier molecular flexibility index (Phi) is 4.84. The predicted octanol–water partition coefficient (Wildman–Crippen LogP) is 0.587. The van der Waals surface area contributed by atoms with E-state index in [0.29, 0.717) is 18.8 Å². The molecule has 3 atom stereocenters. The predicted molar refractivity (Wildman–Crippen MR) is 74.4 cm³/mol. The van der Waals surface area contributed by atoms with Gasteiger partial charge in [-0.1, -0.05) is 6.42 Å². The molecule has 110 valence electrons. The highest BCUT2D eigenvalue weighted by Crippen LogP contribution is 2.25. The third-order valence-electron chi connectivity index (χ3n) is 4.13. The molecule has 19 heavy (non-hydrogen) atoms. The van der Waals surface area contributed by atoms with Crippen LogP contribution >= 0.6 is 0 Å². The highest BCUT2D eigenvalue weighted by Gasteiger charge is 2.27. The lowest BCUT2D eigenvalue weighted by molar-refractivity contribution is -0.122. The van der Waals surface area contributed by atoms with Gasteiger partial charge in [0.25, 0.3) is 0 Å². The van der Waals surface area contributed by atoms with Gasteiger partial charge in [-0.2, -0.15) is 0 Å². The van der Waals surface area contributed by atoms with E-state index >= 15 is 0 Å². The summed E-state index contributed by atoms with van der Waals surface area (Å²) in [7, 11) is -2.95. The maximum atomic E-state index is 12.0. The normalized spacial score (nSPS) is 34.7. The zero-order valence-electron chi connectivity index (χ0n) is 11.3. The zero-order valence-corrected chi connectivity index (χ0v) is 12.1. The second-order valence-electron chi connectivity index (χ2n) is 6.02. The Balaban J connectivity index is 1.77. The van der Waals surface area contributed by atoms with Crippen molar-refractivity contribution in [2.75, 3.05) is 11.5 Å². The van der Waals surface area contributed by atoms with Crippen molar-refractivity contribution < 1.29 is 13.2 Å². The van der Waals surface area contributed by atoms with Gasteiger partial charge in [-0.15, -0.1) is 0 Å². The van der Waals surface area contributed by atoms with Crippen LogP contribution in [0.3, 0.4) is 0 Å². The summed E-state index contributed by atoms with van der Waals surface area (Å²) in [6.45, 7) is 0. The summed E-state index contributed by atoms with van der Waals surface area (Å²) in [6.07, 6.45) is 6.04. The van der Waals surface area contributed by atoms with Crippen molar-refractivity contribution in [2.45, 2.75) is 57.0 Å². The Morgan fingerprint density at radius 1 is 1.21 bits per heavy atom. The number of nitrogens with one attached hydrogen (secondary N) is 1. The van der Waals surface area contributed by atoms with E-state index in [2.05, 4.69) is 5.32 Å². The van der Waals surface area contributed by atoms with Gasteiger partial charge in [-0.3, -0.25) is 4.79 Å². The van der Waals surface area contributed by atoms with Crippen molar-refractivity contribution in [1.82, 2.24) is 5.32 Å². The van der Waals surface area contributed by atoms with Gasteiger partial charge in [0.15, 0.2) is 9.84 Å². The summed E-state index contributed by atoms with van der Waals surface area (Å²) in [6, 6.07) is 0.0325. The molecule has 2 fully saturated rings. The van der Waals surface area contributed by atoms with E-state index < -0.39 is 9.84 Å². The van der Waals surface area contributed by atoms with Gasteiger partial charge >= 0.3 is 0 Å². The fourth-order valence-electron chi connectivity index (χ4n) is 3.20. The first-order valence-electron chi connectivity index (χ1n) is 7.20. The second kappa shape index (κ2) is 6.22. The minimum absolute atomic E-state index is 0.0128. The number of hydrogen-bond acceptors (Lipinski definition) is 4. The third-order valence-corrected chi connectivity index (χ3v) is 5.95. The van der Waals surface area contributed by atoms with Gasteiger partial charge in [0.1, 0.15) is 0 Å².